The van der Waals surface area contributed by atoms with Crippen LogP contribution in [0.1, 0.15) is 33.1 Å². The third kappa shape index (κ3) is 4.18. The van der Waals surface area contributed by atoms with E-state index in [0.717, 1.165) is 9.75 Å². The third-order valence-corrected chi connectivity index (χ3v) is 5.14. The molecule has 24 heavy (non-hydrogen) atoms. The van der Waals surface area contributed by atoms with Crippen molar-refractivity contribution in [2.24, 2.45) is 0 Å². The van der Waals surface area contributed by atoms with Gasteiger partial charge in [0.05, 0.1) is 16.2 Å². The van der Waals surface area contributed by atoms with Gasteiger partial charge in [0, 0.05) is 11.3 Å². The number of thiophene rings is 2. The van der Waals surface area contributed by atoms with Crippen LogP contribution in [-0.2, 0) is 16.1 Å². The predicted octanol–water partition coefficient (Wildman–Crippen LogP) is 4.48. The minimum absolute atomic E-state index is 0.0357. The quantitative estimate of drug-likeness (QED) is 0.458. The van der Waals surface area contributed by atoms with E-state index < -0.39 is 5.97 Å². The van der Waals surface area contributed by atoms with Gasteiger partial charge in [-0.25, -0.2) is 4.98 Å². The van der Waals surface area contributed by atoms with Crippen LogP contribution < -0.4 is 0 Å². The summed E-state index contributed by atoms with van der Waals surface area (Å²) >= 11 is 2.96. The minimum Gasteiger partial charge on any atom is -0.459 e. The Bertz CT molecular complexity index is 833. The van der Waals surface area contributed by atoms with Crippen molar-refractivity contribution in [3.63, 3.8) is 0 Å². The van der Waals surface area contributed by atoms with E-state index in [9.17, 15) is 9.59 Å². The average molecular weight is 361 g/mol. The number of rotatable bonds is 7. The zero-order valence-electron chi connectivity index (χ0n) is 13.0. The molecule has 7 heteroatoms. The molecule has 0 aliphatic heterocycles. The number of oxazole rings is 1. The van der Waals surface area contributed by atoms with Crippen LogP contribution in [-0.4, -0.2) is 16.7 Å². The highest BCUT2D eigenvalue weighted by Crippen LogP contribution is 2.24. The standard InChI is InChI=1S/C17H15NO4S2/c1-11-4-6-14(24-11)13(19)5-7-16(20)21-9-12-10-22-17(18-12)15-3-2-8-23-15/h2-4,6,8,10H,5,7,9H2,1H3. The first-order valence-corrected chi connectivity index (χ1v) is 9.05. The third-order valence-electron chi connectivity index (χ3n) is 3.24. The highest BCUT2D eigenvalue weighted by atomic mass is 32.1. The Hall–Kier alpha value is -2.25. The molecule has 0 atom stereocenters. The minimum atomic E-state index is -0.419. The summed E-state index contributed by atoms with van der Waals surface area (Å²) in [7, 11) is 0. The van der Waals surface area contributed by atoms with Gasteiger partial charge in [-0.3, -0.25) is 9.59 Å². The maximum absolute atomic E-state index is 11.9. The molecule has 3 rings (SSSR count). The fourth-order valence-electron chi connectivity index (χ4n) is 2.04. The molecule has 0 radical (unpaired) electrons. The van der Waals surface area contributed by atoms with Crippen molar-refractivity contribution in [2.45, 2.75) is 26.4 Å². The molecule has 0 bridgehead atoms. The zero-order chi connectivity index (χ0) is 16.9. The Morgan fingerprint density at radius 3 is 2.83 bits per heavy atom. The van der Waals surface area contributed by atoms with Gasteiger partial charge in [-0.05, 0) is 30.5 Å². The lowest BCUT2D eigenvalue weighted by Crippen LogP contribution is -2.07. The average Bonchev–Trinajstić information content (AvgIpc) is 3.30. The number of aryl methyl sites for hydroxylation is 1. The van der Waals surface area contributed by atoms with Crippen molar-refractivity contribution in [3.05, 3.63) is 51.4 Å². The van der Waals surface area contributed by atoms with Gasteiger partial charge in [-0.15, -0.1) is 22.7 Å². The SMILES string of the molecule is Cc1ccc(C(=O)CCC(=O)OCc2coc(-c3cccs3)n2)s1. The van der Waals surface area contributed by atoms with Crippen LogP contribution in [0.3, 0.4) is 0 Å². The number of ether oxygens (including phenoxy) is 1. The van der Waals surface area contributed by atoms with Crippen LogP contribution in [0, 0.1) is 6.92 Å². The summed E-state index contributed by atoms with van der Waals surface area (Å²) in [5.41, 5.74) is 0.548. The monoisotopic (exact) mass is 361 g/mol. The number of ketones is 1. The van der Waals surface area contributed by atoms with E-state index in [1.807, 2.05) is 30.5 Å². The lowest BCUT2D eigenvalue weighted by molar-refractivity contribution is -0.145. The number of hydrogen-bond donors (Lipinski definition) is 0. The maximum atomic E-state index is 11.9. The number of carbonyl (C=O) groups excluding carboxylic acids is 2. The molecule has 0 fully saturated rings. The van der Waals surface area contributed by atoms with E-state index in [-0.39, 0.29) is 25.2 Å². The van der Waals surface area contributed by atoms with E-state index in [2.05, 4.69) is 4.98 Å². The van der Waals surface area contributed by atoms with Gasteiger partial charge in [-0.2, -0.15) is 0 Å². The van der Waals surface area contributed by atoms with Crippen molar-refractivity contribution in [3.8, 4) is 10.8 Å². The fraction of sp³-hybridized carbons (Fsp3) is 0.235. The molecule has 3 heterocycles. The molecule has 0 aromatic carbocycles. The number of aromatic nitrogens is 1. The zero-order valence-corrected chi connectivity index (χ0v) is 14.6. The number of carbonyl (C=O) groups is 2. The molecule has 0 amide bonds. The Labute approximate surface area is 146 Å². The van der Waals surface area contributed by atoms with E-state index in [1.165, 1.54) is 28.9 Å². The summed E-state index contributed by atoms with van der Waals surface area (Å²) in [4.78, 5) is 30.7. The van der Waals surface area contributed by atoms with Gasteiger partial charge >= 0.3 is 5.97 Å². The Kier molecular flexibility index (Phi) is 5.22. The highest BCUT2D eigenvalue weighted by molar-refractivity contribution is 7.14. The van der Waals surface area contributed by atoms with Gasteiger partial charge < -0.3 is 9.15 Å². The number of esters is 1. The van der Waals surface area contributed by atoms with E-state index in [0.29, 0.717) is 16.5 Å². The van der Waals surface area contributed by atoms with Gasteiger partial charge in [0.1, 0.15) is 18.6 Å². The Balaban J connectivity index is 1.45. The summed E-state index contributed by atoms with van der Waals surface area (Å²) in [6.45, 7) is 1.98. The largest absolute Gasteiger partial charge is 0.459 e. The van der Waals surface area contributed by atoms with E-state index in [1.54, 1.807) is 6.07 Å². The summed E-state index contributed by atoms with van der Waals surface area (Å²) in [5.74, 6) is 0.0584. The molecule has 5 nitrogen and oxygen atoms in total. The molecule has 0 unspecified atom stereocenters. The number of hydrogen-bond acceptors (Lipinski definition) is 7. The van der Waals surface area contributed by atoms with Crippen molar-refractivity contribution >= 4 is 34.4 Å². The van der Waals surface area contributed by atoms with E-state index >= 15 is 0 Å². The molecule has 0 saturated heterocycles. The fourth-order valence-corrected chi connectivity index (χ4v) is 3.53. The molecule has 0 N–H and O–H groups in total. The van der Waals surface area contributed by atoms with Gasteiger partial charge in [0.25, 0.3) is 0 Å². The molecule has 124 valence electrons. The number of nitrogens with zero attached hydrogens (tertiary/aromatic N) is 1. The van der Waals surface area contributed by atoms with Crippen LogP contribution in [0.2, 0.25) is 0 Å². The molecular formula is C17H15NO4S2. The number of Topliss-reactive ketones (excluding diaryl/α,β-unsaturated/α-hetero) is 1. The molecule has 0 spiro atoms. The van der Waals surface area contributed by atoms with Gasteiger partial charge in [0.2, 0.25) is 5.89 Å². The van der Waals surface area contributed by atoms with Crippen LogP contribution in [0.5, 0.6) is 0 Å². The molecule has 3 aromatic rings. The molecule has 3 aromatic heterocycles. The topological polar surface area (TPSA) is 69.4 Å². The van der Waals surface area contributed by atoms with Crippen LogP contribution in [0.25, 0.3) is 10.8 Å². The highest BCUT2D eigenvalue weighted by Gasteiger charge is 2.13. The molecule has 0 aliphatic carbocycles. The second kappa shape index (κ2) is 7.55. The second-order valence-corrected chi connectivity index (χ2v) is 7.35. The molecule has 0 saturated carbocycles. The van der Waals surface area contributed by atoms with Gasteiger partial charge in [-0.1, -0.05) is 6.07 Å². The summed E-state index contributed by atoms with van der Waals surface area (Å²) in [5, 5.41) is 1.94. The molecule has 0 aliphatic rings. The van der Waals surface area contributed by atoms with Crippen LogP contribution in [0.4, 0.5) is 0 Å². The summed E-state index contributed by atoms with van der Waals surface area (Å²) < 4.78 is 10.5. The first-order chi connectivity index (χ1) is 11.6. The van der Waals surface area contributed by atoms with Crippen LogP contribution >= 0.6 is 22.7 Å². The van der Waals surface area contributed by atoms with E-state index in [4.69, 9.17) is 9.15 Å². The van der Waals surface area contributed by atoms with Crippen LogP contribution in [0.15, 0.2) is 40.3 Å². The molecular weight excluding hydrogens is 346 g/mol. The predicted molar refractivity (Wildman–Crippen MR) is 92.2 cm³/mol. The van der Waals surface area contributed by atoms with Crippen molar-refractivity contribution < 1.29 is 18.7 Å². The summed E-state index contributed by atoms with van der Waals surface area (Å²) in [6.07, 6.45) is 1.69. The van der Waals surface area contributed by atoms with Gasteiger partial charge in [0.15, 0.2) is 5.78 Å². The lowest BCUT2D eigenvalue weighted by Gasteiger charge is -2.01. The Morgan fingerprint density at radius 1 is 1.25 bits per heavy atom. The first-order valence-electron chi connectivity index (χ1n) is 7.35. The maximum Gasteiger partial charge on any atom is 0.306 e. The van der Waals surface area contributed by atoms with Crippen molar-refractivity contribution in [1.82, 2.24) is 4.98 Å². The normalized spacial score (nSPS) is 10.7. The smallest absolute Gasteiger partial charge is 0.306 e. The van der Waals surface area contributed by atoms with Crippen molar-refractivity contribution in [1.29, 1.82) is 0 Å². The lowest BCUT2D eigenvalue weighted by atomic mass is 10.2. The second-order valence-electron chi connectivity index (χ2n) is 5.12. The first kappa shape index (κ1) is 16.6. The van der Waals surface area contributed by atoms with Crippen molar-refractivity contribution in [2.75, 3.05) is 0 Å². The summed E-state index contributed by atoms with van der Waals surface area (Å²) in [6, 6.07) is 7.50. The Morgan fingerprint density at radius 2 is 2.12 bits per heavy atom.